The molecule has 2 heterocycles. The van der Waals surface area contributed by atoms with Crippen LogP contribution < -0.4 is 5.32 Å². The summed E-state index contributed by atoms with van der Waals surface area (Å²) < 4.78 is 2.12. The van der Waals surface area contributed by atoms with Gasteiger partial charge in [-0.25, -0.2) is 4.98 Å². The lowest BCUT2D eigenvalue weighted by Gasteiger charge is -2.09. The van der Waals surface area contributed by atoms with Crippen LogP contribution in [0.4, 0.5) is 5.69 Å². The van der Waals surface area contributed by atoms with Crippen LogP contribution in [0.5, 0.6) is 0 Å². The van der Waals surface area contributed by atoms with E-state index in [1.54, 1.807) is 18.3 Å². The van der Waals surface area contributed by atoms with E-state index in [0.29, 0.717) is 23.8 Å². The van der Waals surface area contributed by atoms with E-state index in [4.69, 9.17) is 11.6 Å². The second kappa shape index (κ2) is 5.89. The summed E-state index contributed by atoms with van der Waals surface area (Å²) in [6.45, 7) is 4.75. The van der Waals surface area contributed by atoms with Crippen LogP contribution in [0, 0.1) is 13.8 Å². The molecule has 0 bridgehead atoms. The van der Waals surface area contributed by atoms with Gasteiger partial charge in [0.15, 0.2) is 0 Å². The lowest BCUT2D eigenvalue weighted by molar-refractivity contribution is -0.116. The van der Waals surface area contributed by atoms with E-state index in [0.717, 1.165) is 0 Å². The van der Waals surface area contributed by atoms with Gasteiger partial charge in [-0.1, -0.05) is 11.6 Å². The zero-order chi connectivity index (χ0) is 13.8. The van der Waals surface area contributed by atoms with E-state index in [1.165, 1.54) is 11.4 Å². The summed E-state index contributed by atoms with van der Waals surface area (Å²) >= 11 is 5.68. The Morgan fingerprint density at radius 1 is 1.26 bits per heavy atom. The van der Waals surface area contributed by atoms with Gasteiger partial charge in [0.1, 0.15) is 5.15 Å². The van der Waals surface area contributed by atoms with Crippen LogP contribution in [-0.4, -0.2) is 15.5 Å². The van der Waals surface area contributed by atoms with Crippen LogP contribution in [0.1, 0.15) is 17.8 Å². The smallest absolute Gasteiger partial charge is 0.226 e. The third kappa shape index (κ3) is 3.58. The van der Waals surface area contributed by atoms with E-state index < -0.39 is 0 Å². The van der Waals surface area contributed by atoms with Gasteiger partial charge in [-0.15, -0.1) is 0 Å². The zero-order valence-corrected chi connectivity index (χ0v) is 11.7. The Morgan fingerprint density at radius 3 is 2.53 bits per heavy atom. The molecular formula is C14H16ClN3O. The van der Waals surface area contributed by atoms with Gasteiger partial charge in [0.05, 0.1) is 11.9 Å². The highest BCUT2D eigenvalue weighted by atomic mass is 35.5. The van der Waals surface area contributed by atoms with Crippen LogP contribution in [0.15, 0.2) is 30.5 Å². The summed E-state index contributed by atoms with van der Waals surface area (Å²) in [7, 11) is 0. The number of rotatable bonds is 4. The van der Waals surface area contributed by atoms with Crippen molar-refractivity contribution in [3.05, 3.63) is 47.0 Å². The van der Waals surface area contributed by atoms with Crippen molar-refractivity contribution in [1.82, 2.24) is 9.55 Å². The average molecular weight is 278 g/mol. The molecule has 2 aromatic heterocycles. The van der Waals surface area contributed by atoms with Crippen molar-refractivity contribution in [1.29, 1.82) is 0 Å². The fraction of sp³-hybridized carbons (Fsp3) is 0.286. The Morgan fingerprint density at radius 2 is 1.95 bits per heavy atom. The van der Waals surface area contributed by atoms with Crippen molar-refractivity contribution in [3.63, 3.8) is 0 Å². The minimum absolute atomic E-state index is 0.0309. The van der Waals surface area contributed by atoms with Crippen LogP contribution in [0.25, 0.3) is 0 Å². The average Bonchev–Trinajstić information content (AvgIpc) is 2.70. The Hall–Kier alpha value is -1.81. The molecule has 0 aromatic carbocycles. The number of nitrogens with zero attached hydrogens (tertiary/aromatic N) is 2. The molecule has 0 aliphatic carbocycles. The largest absolute Gasteiger partial charge is 0.349 e. The molecule has 0 aliphatic heterocycles. The molecule has 0 radical (unpaired) electrons. The Balaban J connectivity index is 1.90. The maximum Gasteiger partial charge on any atom is 0.226 e. The number of halogens is 1. The lowest BCUT2D eigenvalue weighted by atomic mass is 10.3. The number of anilines is 1. The van der Waals surface area contributed by atoms with Crippen molar-refractivity contribution in [3.8, 4) is 0 Å². The molecule has 2 aromatic rings. The first kappa shape index (κ1) is 13.6. The number of hydrogen-bond donors (Lipinski definition) is 1. The van der Waals surface area contributed by atoms with Gasteiger partial charge < -0.3 is 9.88 Å². The fourth-order valence-corrected chi connectivity index (χ4v) is 2.05. The van der Waals surface area contributed by atoms with Crippen molar-refractivity contribution in [2.24, 2.45) is 0 Å². The molecule has 0 atom stereocenters. The van der Waals surface area contributed by atoms with Gasteiger partial charge in [0.2, 0.25) is 5.91 Å². The van der Waals surface area contributed by atoms with Crippen molar-refractivity contribution >= 4 is 23.2 Å². The molecule has 0 aliphatic rings. The monoisotopic (exact) mass is 277 g/mol. The Kier molecular flexibility index (Phi) is 4.22. The Bertz CT molecular complexity index is 555. The minimum Gasteiger partial charge on any atom is -0.349 e. The molecule has 5 heteroatoms. The topological polar surface area (TPSA) is 46.9 Å². The lowest BCUT2D eigenvalue weighted by Crippen LogP contribution is -2.15. The van der Waals surface area contributed by atoms with Gasteiger partial charge in [-0.3, -0.25) is 4.79 Å². The van der Waals surface area contributed by atoms with Crippen molar-refractivity contribution in [2.45, 2.75) is 26.8 Å². The highest BCUT2D eigenvalue weighted by Crippen LogP contribution is 2.11. The molecule has 0 spiro atoms. The number of aryl methyl sites for hydroxylation is 2. The van der Waals surface area contributed by atoms with E-state index in [2.05, 4.69) is 27.0 Å². The molecular weight excluding hydrogens is 262 g/mol. The SMILES string of the molecule is Cc1ccc(C)n1CCC(=O)Nc1ccc(Cl)nc1. The normalized spacial score (nSPS) is 10.5. The van der Waals surface area contributed by atoms with Crippen molar-refractivity contribution < 1.29 is 4.79 Å². The number of pyridine rings is 1. The van der Waals surface area contributed by atoms with E-state index >= 15 is 0 Å². The summed E-state index contributed by atoms with van der Waals surface area (Å²) in [4.78, 5) is 15.7. The molecule has 0 unspecified atom stereocenters. The summed E-state index contributed by atoms with van der Waals surface area (Å²) in [6.07, 6.45) is 1.98. The summed E-state index contributed by atoms with van der Waals surface area (Å²) in [5.74, 6) is -0.0309. The molecule has 0 fully saturated rings. The summed E-state index contributed by atoms with van der Waals surface area (Å²) in [5.41, 5.74) is 2.99. The maximum atomic E-state index is 11.8. The first-order chi connectivity index (χ1) is 9.06. The molecule has 19 heavy (non-hydrogen) atoms. The van der Waals surface area contributed by atoms with Crippen LogP contribution >= 0.6 is 11.6 Å². The van der Waals surface area contributed by atoms with Gasteiger partial charge in [0.25, 0.3) is 0 Å². The number of hydrogen-bond acceptors (Lipinski definition) is 2. The van der Waals surface area contributed by atoms with Crippen LogP contribution in [0.2, 0.25) is 5.15 Å². The fourth-order valence-electron chi connectivity index (χ4n) is 1.94. The van der Waals surface area contributed by atoms with Crippen LogP contribution in [0.3, 0.4) is 0 Å². The third-order valence-corrected chi connectivity index (χ3v) is 3.21. The number of carbonyl (C=O) groups excluding carboxylic acids is 1. The molecule has 1 amide bonds. The predicted octanol–water partition coefficient (Wildman–Crippen LogP) is 3.18. The maximum absolute atomic E-state index is 11.8. The van der Waals surface area contributed by atoms with E-state index in [1.807, 2.05) is 13.8 Å². The van der Waals surface area contributed by atoms with Gasteiger partial charge in [0, 0.05) is 24.4 Å². The van der Waals surface area contributed by atoms with Gasteiger partial charge in [-0.05, 0) is 38.1 Å². The summed E-state index contributed by atoms with van der Waals surface area (Å²) in [5, 5.41) is 3.21. The Labute approximate surface area is 117 Å². The third-order valence-electron chi connectivity index (χ3n) is 2.99. The molecule has 0 saturated heterocycles. The molecule has 4 nitrogen and oxygen atoms in total. The quantitative estimate of drug-likeness (QED) is 0.873. The number of carbonyl (C=O) groups is 1. The first-order valence-corrected chi connectivity index (χ1v) is 6.48. The number of aromatic nitrogens is 2. The number of amides is 1. The second-order valence-corrected chi connectivity index (χ2v) is 4.82. The standard InChI is InChI=1S/C14H16ClN3O/c1-10-3-4-11(2)18(10)8-7-14(19)17-12-5-6-13(15)16-9-12/h3-6,9H,7-8H2,1-2H3,(H,17,19). The molecule has 100 valence electrons. The molecule has 1 N–H and O–H groups in total. The summed E-state index contributed by atoms with van der Waals surface area (Å²) in [6, 6.07) is 7.49. The van der Waals surface area contributed by atoms with Gasteiger partial charge >= 0.3 is 0 Å². The highest BCUT2D eigenvalue weighted by molar-refractivity contribution is 6.29. The van der Waals surface area contributed by atoms with E-state index in [-0.39, 0.29) is 5.91 Å². The first-order valence-electron chi connectivity index (χ1n) is 6.10. The second-order valence-electron chi connectivity index (χ2n) is 4.44. The highest BCUT2D eigenvalue weighted by Gasteiger charge is 2.06. The van der Waals surface area contributed by atoms with E-state index in [9.17, 15) is 4.79 Å². The van der Waals surface area contributed by atoms with Gasteiger partial charge in [-0.2, -0.15) is 0 Å². The van der Waals surface area contributed by atoms with Crippen molar-refractivity contribution in [2.75, 3.05) is 5.32 Å². The predicted molar refractivity (Wildman–Crippen MR) is 76.4 cm³/mol. The van der Waals surface area contributed by atoms with Crippen LogP contribution in [-0.2, 0) is 11.3 Å². The minimum atomic E-state index is -0.0309. The molecule has 2 rings (SSSR count). The zero-order valence-electron chi connectivity index (χ0n) is 11.0. The number of nitrogens with one attached hydrogen (secondary N) is 1. The molecule has 0 saturated carbocycles.